The van der Waals surface area contributed by atoms with E-state index in [1.165, 1.54) is 12.1 Å². The van der Waals surface area contributed by atoms with E-state index in [-0.39, 0.29) is 5.75 Å². The van der Waals surface area contributed by atoms with E-state index in [0.717, 1.165) is 18.5 Å². The highest BCUT2D eigenvalue weighted by molar-refractivity contribution is 5.72. The van der Waals surface area contributed by atoms with Crippen LogP contribution in [-0.4, -0.2) is 23.7 Å². The summed E-state index contributed by atoms with van der Waals surface area (Å²) in [5.74, 6) is -1.22. The zero-order chi connectivity index (χ0) is 14.3. The van der Waals surface area contributed by atoms with Crippen molar-refractivity contribution in [1.29, 1.82) is 0 Å². The molecular formula is C14H20FNO3. The molecule has 0 saturated carbocycles. The molecule has 1 rings (SSSR count). The second-order valence-electron chi connectivity index (χ2n) is 4.32. The Labute approximate surface area is 112 Å². The topological polar surface area (TPSA) is 58.6 Å². The lowest BCUT2D eigenvalue weighted by Gasteiger charge is -2.14. The Balaban J connectivity index is 2.75. The minimum Gasteiger partial charge on any atom is -0.479 e. The van der Waals surface area contributed by atoms with Gasteiger partial charge in [0.25, 0.3) is 0 Å². The van der Waals surface area contributed by atoms with Gasteiger partial charge in [0.15, 0.2) is 6.10 Å². The zero-order valence-corrected chi connectivity index (χ0v) is 11.3. The highest BCUT2D eigenvalue weighted by atomic mass is 19.1. The highest BCUT2D eigenvalue weighted by Gasteiger charge is 2.17. The van der Waals surface area contributed by atoms with E-state index in [9.17, 15) is 9.18 Å². The fourth-order valence-electron chi connectivity index (χ4n) is 1.67. The summed E-state index contributed by atoms with van der Waals surface area (Å²) in [6.45, 7) is 5.14. The molecule has 0 amide bonds. The summed E-state index contributed by atoms with van der Waals surface area (Å²) in [6.07, 6.45) is 0.378. The number of benzene rings is 1. The number of halogens is 1. The van der Waals surface area contributed by atoms with Crippen LogP contribution in [0.5, 0.6) is 5.75 Å². The van der Waals surface area contributed by atoms with Gasteiger partial charge in [-0.2, -0.15) is 0 Å². The van der Waals surface area contributed by atoms with E-state index in [2.05, 4.69) is 5.32 Å². The Morgan fingerprint density at radius 2 is 2.16 bits per heavy atom. The van der Waals surface area contributed by atoms with E-state index in [1.54, 1.807) is 13.0 Å². The first-order valence-electron chi connectivity index (χ1n) is 6.46. The van der Waals surface area contributed by atoms with Gasteiger partial charge in [-0.1, -0.05) is 13.8 Å². The first kappa shape index (κ1) is 15.4. The van der Waals surface area contributed by atoms with Crippen molar-refractivity contribution in [3.63, 3.8) is 0 Å². The van der Waals surface area contributed by atoms with Crippen molar-refractivity contribution in [1.82, 2.24) is 5.32 Å². The number of nitrogens with one attached hydrogen (secondary N) is 1. The van der Waals surface area contributed by atoms with Crippen LogP contribution in [0, 0.1) is 5.82 Å². The highest BCUT2D eigenvalue weighted by Crippen LogP contribution is 2.18. The third-order valence-electron chi connectivity index (χ3n) is 2.61. The fraction of sp³-hybridized carbons (Fsp3) is 0.500. The molecule has 0 radical (unpaired) electrons. The summed E-state index contributed by atoms with van der Waals surface area (Å²) in [6, 6.07) is 4.28. The standard InChI is InChI=1S/C14H20FNO3/c1-3-5-16-9-10-6-11(15)8-12(7-10)19-13(4-2)14(17)18/h6-8,13,16H,3-5,9H2,1-2H3,(H,17,18). The number of rotatable bonds is 8. The van der Waals surface area contributed by atoms with Crippen molar-refractivity contribution in [3.05, 3.63) is 29.6 Å². The summed E-state index contributed by atoms with van der Waals surface area (Å²) >= 11 is 0. The molecule has 1 atom stereocenters. The second-order valence-corrected chi connectivity index (χ2v) is 4.32. The predicted molar refractivity (Wildman–Crippen MR) is 70.7 cm³/mol. The number of carboxylic acids is 1. The molecule has 106 valence electrons. The Bertz CT molecular complexity index is 423. The molecule has 0 aromatic heterocycles. The minimum absolute atomic E-state index is 0.252. The molecule has 0 heterocycles. The molecule has 19 heavy (non-hydrogen) atoms. The number of ether oxygens (including phenoxy) is 1. The number of aliphatic carboxylic acids is 1. The molecule has 1 aromatic rings. The molecule has 0 aliphatic heterocycles. The van der Waals surface area contributed by atoms with E-state index < -0.39 is 17.9 Å². The molecule has 5 heteroatoms. The molecule has 1 unspecified atom stereocenters. The van der Waals surface area contributed by atoms with Crippen molar-refractivity contribution in [3.8, 4) is 5.75 Å². The van der Waals surface area contributed by atoms with Crippen molar-refractivity contribution >= 4 is 5.97 Å². The Morgan fingerprint density at radius 1 is 1.42 bits per heavy atom. The van der Waals surface area contributed by atoms with Gasteiger partial charge in [0.2, 0.25) is 0 Å². The molecule has 4 nitrogen and oxygen atoms in total. The van der Waals surface area contributed by atoms with Gasteiger partial charge in [-0.15, -0.1) is 0 Å². The van der Waals surface area contributed by atoms with Gasteiger partial charge in [-0.05, 0) is 37.1 Å². The van der Waals surface area contributed by atoms with Crippen LogP contribution in [0.1, 0.15) is 32.3 Å². The van der Waals surface area contributed by atoms with Gasteiger partial charge in [0.1, 0.15) is 11.6 Å². The normalized spacial score (nSPS) is 12.2. The third-order valence-corrected chi connectivity index (χ3v) is 2.61. The predicted octanol–water partition coefficient (Wildman–Crippen LogP) is 2.57. The van der Waals surface area contributed by atoms with Crippen LogP contribution < -0.4 is 10.1 Å². The molecular weight excluding hydrogens is 249 g/mol. The van der Waals surface area contributed by atoms with E-state index in [1.807, 2.05) is 6.92 Å². The van der Waals surface area contributed by atoms with E-state index in [4.69, 9.17) is 9.84 Å². The number of carbonyl (C=O) groups is 1. The van der Waals surface area contributed by atoms with Crippen LogP contribution in [-0.2, 0) is 11.3 Å². The van der Waals surface area contributed by atoms with Gasteiger partial charge in [-0.3, -0.25) is 0 Å². The van der Waals surface area contributed by atoms with Crippen molar-refractivity contribution in [2.45, 2.75) is 39.3 Å². The summed E-state index contributed by atoms with van der Waals surface area (Å²) in [7, 11) is 0. The average Bonchev–Trinajstić information content (AvgIpc) is 2.35. The molecule has 0 aliphatic carbocycles. The van der Waals surface area contributed by atoms with E-state index in [0.29, 0.717) is 13.0 Å². The Kier molecular flexibility index (Phi) is 6.29. The molecule has 0 spiro atoms. The molecule has 0 saturated heterocycles. The van der Waals surface area contributed by atoms with Crippen molar-refractivity contribution in [2.24, 2.45) is 0 Å². The zero-order valence-electron chi connectivity index (χ0n) is 11.3. The van der Waals surface area contributed by atoms with Crippen LogP contribution in [0.3, 0.4) is 0 Å². The van der Waals surface area contributed by atoms with Crippen LogP contribution in [0.25, 0.3) is 0 Å². The van der Waals surface area contributed by atoms with Gasteiger partial charge in [0.05, 0.1) is 0 Å². The minimum atomic E-state index is -1.04. The largest absolute Gasteiger partial charge is 0.479 e. The van der Waals surface area contributed by atoms with Crippen LogP contribution in [0.2, 0.25) is 0 Å². The van der Waals surface area contributed by atoms with Crippen LogP contribution in [0.4, 0.5) is 4.39 Å². The molecule has 0 aliphatic rings. The lowest BCUT2D eigenvalue weighted by molar-refractivity contribution is -0.145. The number of hydrogen-bond donors (Lipinski definition) is 2. The Hall–Kier alpha value is -1.62. The van der Waals surface area contributed by atoms with E-state index >= 15 is 0 Å². The number of carboxylic acid groups (broad SMARTS) is 1. The maximum absolute atomic E-state index is 13.4. The van der Waals surface area contributed by atoms with Crippen LogP contribution in [0.15, 0.2) is 18.2 Å². The summed E-state index contributed by atoms with van der Waals surface area (Å²) < 4.78 is 18.7. The summed E-state index contributed by atoms with van der Waals surface area (Å²) in [4.78, 5) is 10.9. The first-order chi connectivity index (χ1) is 9.06. The quantitative estimate of drug-likeness (QED) is 0.712. The smallest absolute Gasteiger partial charge is 0.344 e. The van der Waals surface area contributed by atoms with Crippen LogP contribution >= 0.6 is 0 Å². The molecule has 1 aromatic carbocycles. The lowest BCUT2D eigenvalue weighted by Crippen LogP contribution is -2.26. The first-order valence-corrected chi connectivity index (χ1v) is 6.46. The second kappa shape index (κ2) is 7.74. The molecule has 0 fully saturated rings. The van der Waals surface area contributed by atoms with Gasteiger partial charge < -0.3 is 15.2 Å². The van der Waals surface area contributed by atoms with Gasteiger partial charge >= 0.3 is 5.97 Å². The molecule has 0 bridgehead atoms. The molecule has 2 N–H and O–H groups in total. The van der Waals surface area contributed by atoms with Gasteiger partial charge in [-0.25, -0.2) is 9.18 Å². The monoisotopic (exact) mass is 269 g/mol. The lowest BCUT2D eigenvalue weighted by atomic mass is 10.2. The summed E-state index contributed by atoms with van der Waals surface area (Å²) in [5, 5.41) is 12.1. The van der Waals surface area contributed by atoms with Crippen molar-refractivity contribution in [2.75, 3.05) is 6.54 Å². The maximum atomic E-state index is 13.4. The maximum Gasteiger partial charge on any atom is 0.344 e. The van der Waals surface area contributed by atoms with Crippen molar-refractivity contribution < 1.29 is 19.0 Å². The SMILES string of the molecule is CCCNCc1cc(F)cc(OC(CC)C(=O)O)c1. The Morgan fingerprint density at radius 3 is 2.74 bits per heavy atom. The number of hydrogen-bond acceptors (Lipinski definition) is 3. The fourth-order valence-corrected chi connectivity index (χ4v) is 1.67. The third kappa shape index (κ3) is 5.26. The summed E-state index contributed by atoms with van der Waals surface area (Å²) in [5.41, 5.74) is 0.740. The van der Waals surface area contributed by atoms with Gasteiger partial charge in [0, 0.05) is 12.6 Å². The average molecular weight is 269 g/mol.